The van der Waals surface area contributed by atoms with Gasteiger partial charge in [-0.25, -0.2) is 4.98 Å². The van der Waals surface area contributed by atoms with Gasteiger partial charge in [-0.05, 0) is 43.7 Å². The second kappa shape index (κ2) is 12.7. The summed E-state index contributed by atoms with van der Waals surface area (Å²) in [5.74, 6) is -0.0673. The predicted octanol–water partition coefficient (Wildman–Crippen LogP) is 4.57. The third-order valence-corrected chi connectivity index (χ3v) is 7.02. The van der Waals surface area contributed by atoms with Crippen molar-refractivity contribution in [3.63, 3.8) is 0 Å². The largest absolute Gasteiger partial charge is 0.379 e. The Hall–Kier alpha value is -4.27. The van der Waals surface area contributed by atoms with Crippen LogP contribution in [0.1, 0.15) is 21.5 Å². The minimum atomic E-state index is -0.304. The predicted molar refractivity (Wildman–Crippen MR) is 157 cm³/mol. The summed E-state index contributed by atoms with van der Waals surface area (Å²) in [5.41, 5.74) is 5.33. The molecular weight excluding hydrogens is 502 g/mol. The molecule has 0 spiro atoms. The highest BCUT2D eigenvalue weighted by Crippen LogP contribution is 2.25. The molecule has 2 amide bonds. The zero-order chi connectivity index (χ0) is 27.9. The number of carbonyl (C=O) groups excluding carboxylic acids is 2. The number of ether oxygens (including phenoxy) is 1. The van der Waals surface area contributed by atoms with Gasteiger partial charge in [-0.1, -0.05) is 60.2 Å². The molecule has 206 valence electrons. The highest BCUT2D eigenvalue weighted by atomic mass is 16.5. The first-order chi connectivity index (χ1) is 19.5. The first kappa shape index (κ1) is 27.3. The molecule has 1 fully saturated rings. The fourth-order valence-corrected chi connectivity index (χ4v) is 4.75. The van der Waals surface area contributed by atoms with E-state index < -0.39 is 0 Å². The molecule has 1 saturated heterocycles. The number of aromatic nitrogens is 2. The van der Waals surface area contributed by atoms with Crippen molar-refractivity contribution < 1.29 is 14.3 Å². The summed E-state index contributed by atoms with van der Waals surface area (Å²) in [6.45, 7) is 8.02. The topological polar surface area (TPSA) is 79.7 Å². The van der Waals surface area contributed by atoms with Crippen LogP contribution in [-0.4, -0.2) is 77.1 Å². The molecule has 1 aliphatic rings. The molecule has 0 aliphatic carbocycles. The lowest BCUT2D eigenvalue weighted by Crippen LogP contribution is -2.45. The van der Waals surface area contributed by atoms with Crippen LogP contribution in [0.15, 0.2) is 85.1 Å². The number of nitrogens with one attached hydrogen (secondary N) is 1. The number of hydrogen-bond acceptors (Lipinski definition) is 5. The highest BCUT2D eigenvalue weighted by molar-refractivity contribution is 5.99. The van der Waals surface area contributed by atoms with Crippen molar-refractivity contribution in [2.45, 2.75) is 13.8 Å². The molecule has 0 unspecified atom stereocenters. The fourth-order valence-electron chi connectivity index (χ4n) is 4.75. The lowest BCUT2D eigenvalue weighted by molar-refractivity contribution is -0.117. The van der Waals surface area contributed by atoms with Crippen LogP contribution in [0.2, 0.25) is 0 Å². The lowest BCUT2D eigenvalue weighted by atomic mass is 10.1. The van der Waals surface area contributed by atoms with Gasteiger partial charge in [0.25, 0.3) is 5.91 Å². The maximum atomic E-state index is 13.5. The standard InChI is InChI=1S/C32H35N5O3/c1-24-11-13-27(14-12-24)31(39)36(16-15-35-17-19-40-20-18-35)23-30(38)34-32-33-29(26-8-4-3-5-9-26)22-37(32)28-10-6-7-25(2)21-28/h3-14,21-22H,15-20,23H2,1-2H3,(H,33,34,38). The third kappa shape index (κ3) is 6.83. The van der Waals surface area contributed by atoms with Crippen LogP contribution >= 0.6 is 0 Å². The van der Waals surface area contributed by atoms with Crippen molar-refractivity contribution in [1.82, 2.24) is 19.4 Å². The second-order valence-electron chi connectivity index (χ2n) is 10.1. The van der Waals surface area contributed by atoms with Crippen LogP contribution in [0, 0.1) is 13.8 Å². The molecule has 1 N–H and O–H groups in total. The number of rotatable bonds is 9. The molecular formula is C32H35N5O3. The van der Waals surface area contributed by atoms with Crippen molar-refractivity contribution in [3.8, 4) is 16.9 Å². The van der Waals surface area contributed by atoms with Gasteiger partial charge in [-0.15, -0.1) is 0 Å². The lowest BCUT2D eigenvalue weighted by Gasteiger charge is -2.30. The van der Waals surface area contributed by atoms with Crippen molar-refractivity contribution in [1.29, 1.82) is 0 Å². The first-order valence-electron chi connectivity index (χ1n) is 13.6. The van der Waals surface area contributed by atoms with E-state index in [0.717, 1.165) is 41.2 Å². The number of imidazole rings is 1. The molecule has 1 aromatic heterocycles. The summed E-state index contributed by atoms with van der Waals surface area (Å²) in [6.07, 6.45) is 1.92. The van der Waals surface area contributed by atoms with Crippen LogP contribution in [0.4, 0.5) is 5.95 Å². The smallest absolute Gasteiger partial charge is 0.254 e. The van der Waals surface area contributed by atoms with E-state index in [1.54, 1.807) is 4.90 Å². The quantitative estimate of drug-likeness (QED) is 0.338. The van der Waals surface area contributed by atoms with Gasteiger partial charge in [0.1, 0.15) is 6.54 Å². The normalized spacial score (nSPS) is 13.7. The van der Waals surface area contributed by atoms with E-state index in [1.807, 2.05) is 103 Å². The van der Waals surface area contributed by atoms with Gasteiger partial charge in [0.15, 0.2) is 0 Å². The van der Waals surface area contributed by atoms with Crippen LogP contribution in [-0.2, 0) is 9.53 Å². The Morgan fingerprint density at radius 2 is 1.68 bits per heavy atom. The number of amides is 2. The van der Waals surface area contributed by atoms with Crippen LogP contribution in [0.5, 0.6) is 0 Å². The van der Waals surface area contributed by atoms with Crippen molar-refractivity contribution >= 4 is 17.8 Å². The molecule has 0 atom stereocenters. The van der Waals surface area contributed by atoms with Crippen LogP contribution in [0.25, 0.3) is 16.9 Å². The number of morpholine rings is 1. The third-order valence-electron chi connectivity index (χ3n) is 7.02. The van der Waals surface area contributed by atoms with Gasteiger partial charge >= 0.3 is 0 Å². The Kier molecular flexibility index (Phi) is 8.68. The molecule has 4 aromatic rings. The number of hydrogen-bond donors (Lipinski definition) is 1. The molecule has 0 bridgehead atoms. The van der Waals surface area contributed by atoms with Crippen molar-refractivity contribution in [3.05, 3.63) is 102 Å². The van der Waals surface area contributed by atoms with E-state index in [1.165, 1.54) is 0 Å². The van der Waals surface area contributed by atoms with E-state index in [0.29, 0.717) is 37.8 Å². The Balaban J connectivity index is 1.38. The van der Waals surface area contributed by atoms with Gasteiger partial charge in [-0.3, -0.25) is 24.4 Å². The van der Waals surface area contributed by atoms with Crippen LogP contribution < -0.4 is 5.32 Å². The van der Waals surface area contributed by atoms with Crippen molar-refractivity contribution in [2.75, 3.05) is 51.3 Å². The molecule has 3 aromatic carbocycles. The summed E-state index contributed by atoms with van der Waals surface area (Å²) in [7, 11) is 0. The van der Waals surface area contributed by atoms with Crippen molar-refractivity contribution in [2.24, 2.45) is 0 Å². The second-order valence-corrected chi connectivity index (χ2v) is 10.1. The number of aryl methyl sites for hydroxylation is 2. The van der Waals surface area contributed by atoms with E-state index in [4.69, 9.17) is 9.72 Å². The summed E-state index contributed by atoms with van der Waals surface area (Å²) < 4.78 is 7.34. The number of benzene rings is 3. The van der Waals surface area contributed by atoms with Gasteiger partial charge in [0.05, 0.1) is 18.9 Å². The number of anilines is 1. The molecule has 8 nitrogen and oxygen atoms in total. The maximum absolute atomic E-state index is 13.5. The minimum absolute atomic E-state index is 0.0849. The summed E-state index contributed by atoms with van der Waals surface area (Å²) in [6, 6.07) is 25.3. The molecule has 40 heavy (non-hydrogen) atoms. The van der Waals surface area contributed by atoms with Crippen LogP contribution in [0.3, 0.4) is 0 Å². The molecule has 8 heteroatoms. The SMILES string of the molecule is Cc1ccc(C(=O)N(CCN2CCOCC2)CC(=O)Nc2nc(-c3ccccc3)cn2-c2cccc(C)c2)cc1. The Labute approximate surface area is 235 Å². The fraction of sp³-hybridized carbons (Fsp3) is 0.281. The average molecular weight is 538 g/mol. The molecule has 2 heterocycles. The summed E-state index contributed by atoms with van der Waals surface area (Å²) in [4.78, 5) is 35.6. The van der Waals surface area contributed by atoms with Gasteiger partial charge in [0.2, 0.25) is 11.9 Å². The Bertz CT molecular complexity index is 1440. The van der Waals surface area contributed by atoms with E-state index in [2.05, 4.69) is 10.2 Å². The molecule has 0 saturated carbocycles. The van der Waals surface area contributed by atoms with Gasteiger partial charge < -0.3 is 9.64 Å². The zero-order valence-corrected chi connectivity index (χ0v) is 23.0. The Morgan fingerprint density at radius 1 is 0.925 bits per heavy atom. The Morgan fingerprint density at radius 3 is 2.40 bits per heavy atom. The number of nitrogens with zero attached hydrogens (tertiary/aromatic N) is 4. The first-order valence-corrected chi connectivity index (χ1v) is 13.6. The summed E-state index contributed by atoms with van der Waals surface area (Å²) in [5, 5.41) is 2.99. The highest BCUT2D eigenvalue weighted by Gasteiger charge is 2.22. The maximum Gasteiger partial charge on any atom is 0.254 e. The van der Waals surface area contributed by atoms with Gasteiger partial charge in [-0.2, -0.15) is 0 Å². The molecule has 1 aliphatic heterocycles. The van der Waals surface area contributed by atoms with Gasteiger partial charge in [0, 0.05) is 49.2 Å². The zero-order valence-electron chi connectivity index (χ0n) is 23.0. The van der Waals surface area contributed by atoms with E-state index in [-0.39, 0.29) is 18.4 Å². The monoisotopic (exact) mass is 537 g/mol. The minimum Gasteiger partial charge on any atom is -0.379 e. The van der Waals surface area contributed by atoms with E-state index in [9.17, 15) is 9.59 Å². The van der Waals surface area contributed by atoms with E-state index >= 15 is 0 Å². The molecule has 5 rings (SSSR count). The molecule has 0 radical (unpaired) electrons. The average Bonchev–Trinajstić information content (AvgIpc) is 3.40. The summed E-state index contributed by atoms with van der Waals surface area (Å²) >= 11 is 0. The number of carbonyl (C=O) groups is 2.